The first-order valence-electron chi connectivity index (χ1n) is 5.18. The van der Waals surface area contributed by atoms with E-state index in [1.807, 2.05) is 27.7 Å². The Morgan fingerprint density at radius 3 is 1.93 bits per heavy atom. The number of hydrogen-bond donors (Lipinski definition) is 0. The number of thiocyanates is 1. The molecule has 5 heteroatoms. The second-order valence-corrected chi connectivity index (χ2v) is 6.62. The van der Waals surface area contributed by atoms with Crippen molar-refractivity contribution in [2.24, 2.45) is 0 Å². The lowest BCUT2D eigenvalue weighted by Gasteiger charge is -2.26. The lowest BCUT2D eigenvalue weighted by atomic mass is 10.5. The zero-order chi connectivity index (χ0) is 11.8. The van der Waals surface area contributed by atoms with Crippen molar-refractivity contribution in [2.45, 2.75) is 58.2 Å². The molecule has 0 bridgehead atoms. The van der Waals surface area contributed by atoms with E-state index in [1.54, 1.807) is 0 Å². The standard InChI is InChI=1S/C10H20NO2PS/c1-6-10(15-7-11)14(12-8(2)3)13-9(4)5/h8-10H,6H2,1-5H3. The summed E-state index contributed by atoms with van der Waals surface area (Å²) in [7, 11) is -0.969. The summed E-state index contributed by atoms with van der Waals surface area (Å²) in [6.45, 7) is 10.0. The molecule has 88 valence electrons. The fraction of sp³-hybridized carbons (Fsp3) is 0.900. The lowest BCUT2D eigenvalue weighted by molar-refractivity contribution is 0.176. The second kappa shape index (κ2) is 8.35. The van der Waals surface area contributed by atoms with Gasteiger partial charge in [0.05, 0.1) is 17.2 Å². The number of hydrogen-bond acceptors (Lipinski definition) is 4. The Bertz CT molecular complexity index is 196. The van der Waals surface area contributed by atoms with Gasteiger partial charge in [-0.3, -0.25) is 0 Å². The van der Waals surface area contributed by atoms with Gasteiger partial charge in [0.15, 0.2) is 8.38 Å². The van der Waals surface area contributed by atoms with Gasteiger partial charge in [-0.1, -0.05) is 6.92 Å². The Morgan fingerprint density at radius 1 is 1.20 bits per heavy atom. The summed E-state index contributed by atoms with van der Waals surface area (Å²) in [5, 5.41) is 10.8. The summed E-state index contributed by atoms with van der Waals surface area (Å²) >= 11 is 1.25. The molecule has 0 aromatic carbocycles. The summed E-state index contributed by atoms with van der Waals surface area (Å²) in [5.74, 6) is 0. The predicted octanol–water partition coefficient (Wildman–Crippen LogP) is 4.10. The molecular formula is C10H20NO2PS. The fourth-order valence-corrected chi connectivity index (χ4v) is 3.44. The molecule has 0 heterocycles. The molecule has 0 N–H and O–H groups in total. The van der Waals surface area contributed by atoms with Gasteiger partial charge < -0.3 is 9.05 Å². The van der Waals surface area contributed by atoms with Crippen LogP contribution in [0, 0.1) is 10.7 Å². The quantitative estimate of drug-likeness (QED) is 0.503. The number of thioether (sulfide) groups is 1. The van der Waals surface area contributed by atoms with Gasteiger partial charge in [0.1, 0.15) is 5.40 Å². The van der Waals surface area contributed by atoms with Gasteiger partial charge in [0.2, 0.25) is 0 Å². The maximum atomic E-state index is 8.70. The smallest absolute Gasteiger partial charge is 0.186 e. The summed E-state index contributed by atoms with van der Waals surface area (Å²) in [4.78, 5) is 0.148. The Kier molecular flexibility index (Phi) is 8.46. The molecule has 0 fully saturated rings. The molecule has 15 heavy (non-hydrogen) atoms. The minimum atomic E-state index is -0.969. The number of nitriles is 1. The van der Waals surface area contributed by atoms with Crippen molar-refractivity contribution in [2.75, 3.05) is 0 Å². The molecule has 0 aliphatic carbocycles. The van der Waals surface area contributed by atoms with Crippen molar-refractivity contribution in [3.05, 3.63) is 0 Å². The molecule has 1 unspecified atom stereocenters. The first-order chi connectivity index (χ1) is 7.01. The third-order valence-corrected chi connectivity index (χ3v) is 5.04. The van der Waals surface area contributed by atoms with Crippen molar-refractivity contribution in [3.8, 4) is 5.40 Å². The summed E-state index contributed by atoms with van der Waals surface area (Å²) in [6.07, 6.45) is 1.18. The topological polar surface area (TPSA) is 42.2 Å². The largest absolute Gasteiger partial charge is 0.330 e. The molecule has 0 radical (unpaired) electrons. The SMILES string of the molecule is CCC(SC#N)P(OC(C)C)OC(C)C. The normalized spacial score (nSPS) is 13.5. The van der Waals surface area contributed by atoms with Gasteiger partial charge in [0, 0.05) is 0 Å². The van der Waals surface area contributed by atoms with Crippen LogP contribution < -0.4 is 0 Å². The maximum absolute atomic E-state index is 8.70. The van der Waals surface area contributed by atoms with Crippen LogP contribution in [0.1, 0.15) is 41.0 Å². The molecule has 0 aromatic heterocycles. The highest BCUT2D eigenvalue weighted by atomic mass is 32.2. The molecule has 0 aliphatic rings. The molecule has 0 saturated heterocycles. The van der Waals surface area contributed by atoms with E-state index in [-0.39, 0.29) is 17.2 Å². The van der Waals surface area contributed by atoms with Crippen LogP contribution in [-0.4, -0.2) is 17.2 Å². The summed E-state index contributed by atoms with van der Waals surface area (Å²) in [6, 6.07) is 0. The first-order valence-corrected chi connectivity index (χ1v) is 7.31. The van der Waals surface area contributed by atoms with Crippen LogP contribution >= 0.6 is 20.1 Å². The van der Waals surface area contributed by atoms with E-state index in [4.69, 9.17) is 14.3 Å². The van der Waals surface area contributed by atoms with Crippen molar-refractivity contribution >= 4 is 20.1 Å². The van der Waals surface area contributed by atoms with E-state index in [1.165, 1.54) is 11.8 Å². The summed E-state index contributed by atoms with van der Waals surface area (Å²) in [5.41, 5.74) is 0. The zero-order valence-electron chi connectivity index (χ0n) is 10.1. The Labute approximate surface area is 98.4 Å². The summed E-state index contributed by atoms with van der Waals surface area (Å²) < 4.78 is 11.5. The molecular weight excluding hydrogens is 229 g/mol. The van der Waals surface area contributed by atoms with Crippen LogP contribution in [0.4, 0.5) is 0 Å². The fourth-order valence-electron chi connectivity index (χ4n) is 0.912. The highest BCUT2D eigenvalue weighted by molar-refractivity contribution is 8.08. The molecule has 0 amide bonds. The number of rotatable bonds is 7. The Hall–Kier alpha value is 0.190. The van der Waals surface area contributed by atoms with E-state index in [2.05, 4.69) is 12.3 Å². The molecule has 0 aromatic rings. The van der Waals surface area contributed by atoms with Gasteiger partial charge in [-0.05, 0) is 45.9 Å². The van der Waals surface area contributed by atoms with Crippen LogP contribution in [0.2, 0.25) is 0 Å². The van der Waals surface area contributed by atoms with Crippen LogP contribution in [0.25, 0.3) is 0 Å². The molecule has 0 aliphatic heterocycles. The monoisotopic (exact) mass is 249 g/mol. The lowest BCUT2D eigenvalue weighted by Crippen LogP contribution is -2.11. The molecule has 1 atom stereocenters. The Balaban J connectivity index is 4.36. The molecule has 3 nitrogen and oxygen atoms in total. The number of nitrogens with zero attached hydrogens (tertiary/aromatic N) is 1. The van der Waals surface area contributed by atoms with E-state index in [9.17, 15) is 0 Å². The van der Waals surface area contributed by atoms with Crippen LogP contribution in [0.3, 0.4) is 0 Å². The molecule has 0 rings (SSSR count). The average molecular weight is 249 g/mol. The minimum Gasteiger partial charge on any atom is -0.330 e. The van der Waals surface area contributed by atoms with E-state index >= 15 is 0 Å². The minimum absolute atomic E-state index is 0.142. The Morgan fingerprint density at radius 2 is 1.67 bits per heavy atom. The highest BCUT2D eigenvalue weighted by Crippen LogP contribution is 2.51. The highest BCUT2D eigenvalue weighted by Gasteiger charge is 2.25. The van der Waals surface area contributed by atoms with E-state index in [0.29, 0.717) is 0 Å². The maximum Gasteiger partial charge on any atom is 0.186 e. The van der Waals surface area contributed by atoms with Crippen molar-refractivity contribution in [3.63, 3.8) is 0 Å². The van der Waals surface area contributed by atoms with Gasteiger partial charge in [-0.2, -0.15) is 5.26 Å². The van der Waals surface area contributed by atoms with E-state index < -0.39 is 8.38 Å². The third-order valence-electron chi connectivity index (χ3n) is 1.40. The van der Waals surface area contributed by atoms with Gasteiger partial charge in [-0.25, -0.2) is 0 Å². The van der Waals surface area contributed by atoms with Crippen molar-refractivity contribution in [1.29, 1.82) is 5.26 Å². The van der Waals surface area contributed by atoms with Crippen LogP contribution in [0.5, 0.6) is 0 Å². The van der Waals surface area contributed by atoms with Crippen molar-refractivity contribution in [1.82, 2.24) is 0 Å². The van der Waals surface area contributed by atoms with Crippen LogP contribution in [0.15, 0.2) is 0 Å². The zero-order valence-corrected chi connectivity index (χ0v) is 11.8. The van der Waals surface area contributed by atoms with E-state index in [0.717, 1.165) is 6.42 Å². The molecule has 0 saturated carbocycles. The predicted molar refractivity (Wildman–Crippen MR) is 66.6 cm³/mol. The van der Waals surface area contributed by atoms with Crippen LogP contribution in [-0.2, 0) is 9.05 Å². The van der Waals surface area contributed by atoms with Crippen molar-refractivity contribution < 1.29 is 9.05 Å². The first kappa shape index (κ1) is 15.2. The average Bonchev–Trinajstić information content (AvgIpc) is 2.11. The second-order valence-electron chi connectivity index (χ2n) is 3.67. The third kappa shape index (κ3) is 7.14. The molecule has 0 spiro atoms. The van der Waals surface area contributed by atoms with Gasteiger partial charge in [0.25, 0.3) is 0 Å². The van der Waals surface area contributed by atoms with Gasteiger partial charge >= 0.3 is 0 Å². The van der Waals surface area contributed by atoms with Gasteiger partial charge in [-0.15, -0.1) is 0 Å².